The monoisotopic (exact) mass is 275 g/mol. The van der Waals surface area contributed by atoms with E-state index >= 15 is 0 Å². The van der Waals surface area contributed by atoms with Crippen LogP contribution in [0.4, 0.5) is 0 Å². The Kier molecular flexibility index (Phi) is 2.79. The highest BCUT2D eigenvalue weighted by molar-refractivity contribution is 7.16. The minimum atomic E-state index is -0.299. The number of rotatable bonds is 1. The third kappa shape index (κ3) is 2.00. The summed E-state index contributed by atoms with van der Waals surface area (Å²) in [5.74, 6) is 0. The molecule has 0 saturated carbocycles. The Hall–Kier alpha value is -0.905. The van der Waals surface area contributed by atoms with Crippen LogP contribution in [0, 0.1) is 6.92 Å². The molecule has 0 unspecified atom stereocenters. The number of hydrogen-bond donors (Lipinski definition) is 0. The van der Waals surface area contributed by atoms with Crippen molar-refractivity contribution in [3.05, 3.63) is 23.2 Å². The van der Waals surface area contributed by atoms with Crippen LogP contribution in [0.1, 0.15) is 33.3 Å². The average Bonchev–Trinajstić information content (AvgIpc) is 2.80. The van der Waals surface area contributed by atoms with Gasteiger partial charge in [0.15, 0.2) is 0 Å². The van der Waals surface area contributed by atoms with Crippen LogP contribution in [0.2, 0.25) is 0 Å². The van der Waals surface area contributed by atoms with Gasteiger partial charge < -0.3 is 9.31 Å². The maximum absolute atomic E-state index is 6.12. The van der Waals surface area contributed by atoms with E-state index in [0.717, 1.165) is 16.5 Å². The first-order valence-corrected chi connectivity index (χ1v) is 7.37. The van der Waals surface area contributed by atoms with Gasteiger partial charge in [-0.05, 0) is 57.8 Å². The van der Waals surface area contributed by atoms with Gasteiger partial charge in [0.1, 0.15) is 0 Å². The Balaban J connectivity index is 2.04. The second kappa shape index (κ2) is 4.04. The zero-order valence-corrected chi connectivity index (χ0v) is 12.8. The molecule has 0 atom stereocenters. The summed E-state index contributed by atoms with van der Waals surface area (Å²) in [5, 5.41) is 0. The molecule has 1 aliphatic heterocycles. The number of aromatic nitrogens is 1. The summed E-state index contributed by atoms with van der Waals surface area (Å²) in [6.07, 6.45) is 0. The zero-order chi connectivity index (χ0) is 13.8. The highest BCUT2D eigenvalue weighted by atomic mass is 32.1. The highest BCUT2D eigenvalue weighted by Crippen LogP contribution is 2.37. The molecule has 1 aromatic carbocycles. The van der Waals surface area contributed by atoms with Gasteiger partial charge in [-0.1, -0.05) is 0 Å². The molecule has 1 saturated heterocycles. The van der Waals surface area contributed by atoms with E-state index in [1.165, 1.54) is 4.70 Å². The van der Waals surface area contributed by atoms with Gasteiger partial charge in [0.2, 0.25) is 0 Å². The topological polar surface area (TPSA) is 31.4 Å². The number of thiazole rings is 1. The summed E-state index contributed by atoms with van der Waals surface area (Å²) in [5.41, 5.74) is 4.59. The van der Waals surface area contributed by atoms with E-state index < -0.39 is 0 Å². The fourth-order valence-corrected chi connectivity index (χ4v) is 2.95. The second-order valence-corrected chi connectivity index (χ2v) is 7.00. The zero-order valence-electron chi connectivity index (χ0n) is 12.0. The summed E-state index contributed by atoms with van der Waals surface area (Å²) in [7, 11) is -0.295. The molecule has 0 radical (unpaired) electrons. The van der Waals surface area contributed by atoms with Crippen LogP contribution in [0.15, 0.2) is 17.6 Å². The number of nitrogens with zero attached hydrogens (tertiary/aromatic N) is 1. The lowest BCUT2D eigenvalue weighted by Gasteiger charge is -2.32. The molecule has 19 heavy (non-hydrogen) atoms. The fraction of sp³-hybridized carbons (Fsp3) is 0.500. The van der Waals surface area contributed by atoms with Crippen LogP contribution >= 0.6 is 11.3 Å². The van der Waals surface area contributed by atoms with Crippen molar-refractivity contribution in [2.75, 3.05) is 0 Å². The summed E-state index contributed by atoms with van der Waals surface area (Å²) in [4.78, 5) is 4.34. The maximum atomic E-state index is 6.12. The summed E-state index contributed by atoms with van der Waals surface area (Å²) in [6, 6.07) is 4.25. The molecule has 1 fully saturated rings. The summed E-state index contributed by atoms with van der Waals surface area (Å²) < 4.78 is 13.4. The fourth-order valence-electron chi connectivity index (χ4n) is 2.25. The van der Waals surface area contributed by atoms with Crippen LogP contribution in [0.5, 0.6) is 0 Å². The molecule has 0 aliphatic carbocycles. The van der Waals surface area contributed by atoms with Gasteiger partial charge in [-0.25, -0.2) is 4.98 Å². The van der Waals surface area contributed by atoms with Crippen molar-refractivity contribution in [3.63, 3.8) is 0 Å². The molecular formula is C14H18BNO2S. The Morgan fingerprint density at radius 3 is 2.37 bits per heavy atom. The molecule has 2 aromatic rings. The van der Waals surface area contributed by atoms with Crippen LogP contribution in [-0.2, 0) is 9.31 Å². The van der Waals surface area contributed by atoms with Crippen LogP contribution in [0.25, 0.3) is 10.2 Å². The molecule has 0 amide bonds. The van der Waals surface area contributed by atoms with Gasteiger partial charge >= 0.3 is 7.12 Å². The SMILES string of the molecule is Cc1cc2ncsc2cc1B1OC(C)(C)C(C)(C)O1. The van der Waals surface area contributed by atoms with Crippen molar-refractivity contribution >= 4 is 34.1 Å². The van der Waals surface area contributed by atoms with Crippen LogP contribution in [0.3, 0.4) is 0 Å². The minimum absolute atomic E-state index is 0.295. The summed E-state index contributed by atoms with van der Waals surface area (Å²) in [6.45, 7) is 10.4. The minimum Gasteiger partial charge on any atom is -0.399 e. The Bertz CT molecular complexity index is 619. The van der Waals surface area contributed by atoms with E-state index in [1.807, 2.05) is 5.51 Å². The van der Waals surface area contributed by atoms with Crippen molar-refractivity contribution < 1.29 is 9.31 Å². The Labute approximate surface area is 118 Å². The van der Waals surface area contributed by atoms with Crippen molar-refractivity contribution in [3.8, 4) is 0 Å². The van der Waals surface area contributed by atoms with E-state index in [1.54, 1.807) is 11.3 Å². The number of aryl methyl sites for hydroxylation is 1. The molecule has 100 valence electrons. The van der Waals surface area contributed by atoms with Crippen molar-refractivity contribution in [2.24, 2.45) is 0 Å². The van der Waals surface area contributed by atoms with Crippen molar-refractivity contribution in [1.29, 1.82) is 0 Å². The number of benzene rings is 1. The molecule has 0 N–H and O–H groups in total. The van der Waals surface area contributed by atoms with Gasteiger partial charge in [0, 0.05) is 0 Å². The average molecular weight is 275 g/mol. The van der Waals surface area contributed by atoms with Gasteiger partial charge in [0.05, 0.1) is 26.9 Å². The maximum Gasteiger partial charge on any atom is 0.495 e. The van der Waals surface area contributed by atoms with Gasteiger partial charge in [-0.2, -0.15) is 0 Å². The molecule has 2 heterocycles. The van der Waals surface area contributed by atoms with Crippen molar-refractivity contribution in [2.45, 2.75) is 45.8 Å². The predicted molar refractivity (Wildman–Crippen MR) is 80.1 cm³/mol. The smallest absolute Gasteiger partial charge is 0.399 e. The van der Waals surface area contributed by atoms with Crippen LogP contribution in [-0.4, -0.2) is 23.3 Å². The summed E-state index contributed by atoms with van der Waals surface area (Å²) >= 11 is 1.65. The lowest BCUT2D eigenvalue weighted by molar-refractivity contribution is 0.00578. The predicted octanol–water partition coefficient (Wildman–Crippen LogP) is 2.90. The lowest BCUT2D eigenvalue weighted by atomic mass is 9.76. The quantitative estimate of drug-likeness (QED) is 0.750. The highest BCUT2D eigenvalue weighted by Gasteiger charge is 2.52. The first-order valence-electron chi connectivity index (χ1n) is 6.49. The van der Waals surface area contributed by atoms with Crippen molar-refractivity contribution in [1.82, 2.24) is 4.98 Å². The Morgan fingerprint density at radius 2 is 1.74 bits per heavy atom. The molecule has 3 nitrogen and oxygen atoms in total. The largest absolute Gasteiger partial charge is 0.495 e. The van der Waals surface area contributed by atoms with E-state index in [9.17, 15) is 0 Å². The van der Waals surface area contributed by atoms with Crippen LogP contribution < -0.4 is 5.46 Å². The number of fused-ring (bicyclic) bond motifs is 1. The molecule has 0 bridgehead atoms. The first kappa shape index (κ1) is 13.1. The van der Waals surface area contributed by atoms with E-state index in [-0.39, 0.29) is 18.3 Å². The Morgan fingerprint density at radius 1 is 1.11 bits per heavy atom. The van der Waals surface area contributed by atoms with Gasteiger partial charge in [0.25, 0.3) is 0 Å². The number of hydrogen-bond acceptors (Lipinski definition) is 4. The van der Waals surface area contributed by atoms with E-state index in [2.05, 4.69) is 51.7 Å². The first-order chi connectivity index (χ1) is 8.80. The second-order valence-electron chi connectivity index (χ2n) is 6.12. The third-order valence-electron chi connectivity index (χ3n) is 4.23. The molecule has 0 spiro atoms. The third-order valence-corrected chi connectivity index (χ3v) is 5.02. The molecule has 5 heteroatoms. The van der Waals surface area contributed by atoms with E-state index in [4.69, 9.17) is 9.31 Å². The normalized spacial score (nSPS) is 21.2. The molecule has 1 aromatic heterocycles. The van der Waals surface area contributed by atoms with Gasteiger partial charge in [-0.15, -0.1) is 11.3 Å². The standard InChI is InChI=1S/C14H18BNO2S/c1-9-6-11-12(19-8-16-11)7-10(9)15-17-13(2,3)14(4,5)18-15/h6-8H,1-5H3. The van der Waals surface area contributed by atoms with E-state index in [0.29, 0.717) is 0 Å². The lowest BCUT2D eigenvalue weighted by Crippen LogP contribution is -2.41. The molecule has 1 aliphatic rings. The molecular weight excluding hydrogens is 257 g/mol. The van der Waals surface area contributed by atoms with Gasteiger partial charge in [-0.3, -0.25) is 0 Å². The molecule has 3 rings (SSSR count).